The Morgan fingerprint density at radius 1 is 1.03 bits per heavy atom. The van der Waals surface area contributed by atoms with Gasteiger partial charge in [-0.2, -0.15) is 0 Å². The second-order valence-corrected chi connectivity index (χ2v) is 7.03. The van der Waals surface area contributed by atoms with Gasteiger partial charge in [0.1, 0.15) is 0 Å². The van der Waals surface area contributed by atoms with Gasteiger partial charge in [0.05, 0.1) is 14.2 Å². The number of H-pyrrole nitrogens is 1. The Morgan fingerprint density at radius 2 is 1.83 bits per heavy atom. The van der Waals surface area contributed by atoms with E-state index < -0.39 is 0 Å². The molecule has 0 radical (unpaired) electrons. The number of aromatic nitrogens is 1. The van der Waals surface area contributed by atoms with Crippen molar-refractivity contribution >= 4 is 16.8 Å². The fraction of sp³-hybridized carbons (Fsp3) is 0.304. The zero-order valence-corrected chi connectivity index (χ0v) is 17.0. The molecule has 0 unspecified atom stereocenters. The normalized spacial score (nSPS) is 10.7. The number of methoxy groups -OCH3 is 2. The third-order valence-electron chi connectivity index (χ3n) is 4.87. The highest BCUT2D eigenvalue weighted by molar-refractivity contribution is 5.80. The molecule has 1 heterocycles. The van der Waals surface area contributed by atoms with Crippen molar-refractivity contribution in [1.82, 2.24) is 10.3 Å². The van der Waals surface area contributed by atoms with E-state index in [0.717, 1.165) is 28.5 Å². The van der Waals surface area contributed by atoms with Crippen molar-refractivity contribution in [2.45, 2.75) is 32.7 Å². The molecule has 0 bridgehead atoms. The molecule has 1 aromatic heterocycles. The van der Waals surface area contributed by atoms with Gasteiger partial charge in [-0.1, -0.05) is 17.7 Å². The van der Waals surface area contributed by atoms with Gasteiger partial charge in [0.2, 0.25) is 5.91 Å². The number of amides is 1. The summed E-state index contributed by atoms with van der Waals surface area (Å²) in [6.07, 6.45) is 1.84. The smallest absolute Gasteiger partial charge is 0.253 e. The van der Waals surface area contributed by atoms with Gasteiger partial charge in [-0.3, -0.25) is 9.59 Å². The zero-order chi connectivity index (χ0) is 20.8. The second-order valence-electron chi connectivity index (χ2n) is 7.03. The Labute approximate surface area is 169 Å². The van der Waals surface area contributed by atoms with Crippen LogP contribution in [0.25, 0.3) is 10.9 Å². The number of hydrogen-bond donors (Lipinski definition) is 2. The minimum atomic E-state index is -0.174. The van der Waals surface area contributed by atoms with Crippen molar-refractivity contribution in [2.24, 2.45) is 0 Å². The van der Waals surface area contributed by atoms with Gasteiger partial charge in [0.25, 0.3) is 5.56 Å². The molecule has 0 aliphatic heterocycles. The van der Waals surface area contributed by atoms with E-state index in [1.807, 2.05) is 49.4 Å². The first-order chi connectivity index (χ1) is 14.0. The van der Waals surface area contributed by atoms with E-state index in [1.165, 1.54) is 0 Å². The first-order valence-corrected chi connectivity index (χ1v) is 9.60. The molecular formula is C23H26N2O4. The molecule has 0 saturated carbocycles. The van der Waals surface area contributed by atoms with E-state index in [9.17, 15) is 9.59 Å². The number of fused-ring (bicyclic) bond motifs is 1. The summed E-state index contributed by atoms with van der Waals surface area (Å²) in [5, 5.41) is 3.80. The van der Waals surface area contributed by atoms with Gasteiger partial charge in [0.15, 0.2) is 11.5 Å². The van der Waals surface area contributed by atoms with Crippen LogP contribution in [0, 0.1) is 6.92 Å². The predicted molar refractivity (Wildman–Crippen MR) is 114 cm³/mol. The summed E-state index contributed by atoms with van der Waals surface area (Å²) in [6, 6.07) is 13.5. The maximum absolute atomic E-state index is 12.2. The van der Waals surface area contributed by atoms with Crippen LogP contribution in [0.15, 0.2) is 47.3 Å². The number of benzene rings is 2. The standard InChI is InChI=1S/C23H26N2O4/c1-15-7-9-19-17(11-15)13-18(23(27)25-19)14-24-22(26)6-4-5-16-8-10-20(28-2)21(12-16)29-3/h7-13H,4-6,14H2,1-3H3,(H,24,26)(H,25,27). The topological polar surface area (TPSA) is 80.4 Å². The van der Waals surface area contributed by atoms with Gasteiger partial charge in [-0.25, -0.2) is 0 Å². The maximum atomic E-state index is 12.2. The van der Waals surface area contributed by atoms with Crippen LogP contribution in [0.5, 0.6) is 11.5 Å². The van der Waals surface area contributed by atoms with Crippen LogP contribution in [0.4, 0.5) is 0 Å². The summed E-state index contributed by atoms with van der Waals surface area (Å²) in [7, 11) is 3.20. The van der Waals surface area contributed by atoms with E-state index in [-0.39, 0.29) is 18.0 Å². The van der Waals surface area contributed by atoms with Crippen molar-refractivity contribution in [1.29, 1.82) is 0 Å². The predicted octanol–water partition coefficient (Wildman–Crippen LogP) is 3.49. The maximum Gasteiger partial charge on any atom is 0.253 e. The monoisotopic (exact) mass is 394 g/mol. The van der Waals surface area contributed by atoms with Crippen LogP contribution in [-0.2, 0) is 17.8 Å². The second kappa shape index (κ2) is 9.28. The number of aryl methyl sites for hydroxylation is 2. The van der Waals surface area contributed by atoms with Crippen LogP contribution >= 0.6 is 0 Å². The minimum Gasteiger partial charge on any atom is -0.493 e. The molecule has 2 aromatic carbocycles. The number of hydrogen-bond acceptors (Lipinski definition) is 4. The summed E-state index contributed by atoms with van der Waals surface area (Å²) in [4.78, 5) is 27.3. The van der Waals surface area contributed by atoms with Crippen molar-refractivity contribution < 1.29 is 14.3 Å². The molecule has 152 valence electrons. The van der Waals surface area contributed by atoms with E-state index in [4.69, 9.17) is 9.47 Å². The van der Waals surface area contributed by atoms with Crippen LogP contribution in [0.1, 0.15) is 29.5 Å². The molecule has 0 saturated heterocycles. The van der Waals surface area contributed by atoms with E-state index in [0.29, 0.717) is 29.9 Å². The molecule has 29 heavy (non-hydrogen) atoms. The molecule has 6 nitrogen and oxygen atoms in total. The molecule has 1 amide bonds. The van der Waals surface area contributed by atoms with Gasteiger partial charge in [-0.15, -0.1) is 0 Å². The van der Waals surface area contributed by atoms with E-state index >= 15 is 0 Å². The Hall–Kier alpha value is -3.28. The molecule has 3 rings (SSSR count). The Morgan fingerprint density at radius 3 is 2.59 bits per heavy atom. The largest absolute Gasteiger partial charge is 0.493 e. The lowest BCUT2D eigenvalue weighted by Gasteiger charge is -2.10. The van der Waals surface area contributed by atoms with Gasteiger partial charge in [-0.05, 0) is 61.0 Å². The lowest BCUT2D eigenvalue weighted by molar-refractivity contribution is -0.121. The number of nitrogens with one attached hydrogen (secondary N) is 2. The Kier molecular flexibility index (Phi) is 6.54. The summed E-state index contributed by atoms with van der Waals surface area (Å²) in [6.45, 7) is 2.22. The zero-order valence-electron chi connectivity index (χ0n) is 17.0. The quantitative estimate of drug-likeness (QED) is 0.613. The highest BCUT2D eigenvalue weighted by Crippen LogP contribution is 2.28. The van der Waals surface area contributed by atoms with Crippen LogP contribution in [-0.4, -0.2) is 25.1 Å². The number of aromatic amines is 1. The molecule has 0 aliphatic carbocycles. The summed E-state index contributed by atoms with van der Waals surface area (Å²) in [5.41, 5.74) is 3.38. The Balaban J connectivity index is 1.53. The average molecular weight is 394 g/mol. The van der Waals surface area contributed by atoms with Gasteiger partial charge >= 0.3 is 0 Å². The minimum absolute atomic E-state index is 0.0748. The molecule has 2 N–H and O–H groups in total. The number of ether oxygens (including phenoxy) is 2. The summed E-state index contributed by atoms with van der Waals surface area (Å²) in [5.74, 6) is 1.29. The SMILES string of the molecule is COc1ccc(CCCC(=O)NCc2cc3cc(C)ccc3[nH]c2=O)cc1OC. The summed E-state index contributed by atoms with van der Waals surface area (Å²) < 4.78 is 10.5. The van der Waals surface area contributed by atoms with Crippen molar-refractivity contribution in [3.05, 3.63) is 69.5 Å². The number of pyridine rings is 1. The molecule has 0 fully saturated rings. The van der Waals surface area contributed by atoms with Crippen molar-refractivity contribution in [2.75, 3.05) is 14.2 Å². The lowest BCUT2D eigenvalue weighted by atomic mass is 10.1. The molecular weight excluding hydrogens is 368 g/mol. The van der Waals surface area contributed by atoms with Crippen molar-refractivity contribution in [3.63, 3.8) is 0 Å². The Bertz CT molecular complexity index is 1070. The lowest BCUT2D eigenvalue weighted by Crippen LogP contribution is -2.26. The van der Waals surface area contributed by atoms with Gasteiger partial charge < -0.3 is 19.8 Å². The highest BCUT2D eigenvalue weighted by atomic mass is 16.5. The van der Waals surface area contributed by atoms with E-state index in [1.54, 1.807) is 14.2 Å². The van der Waals surface area contributed by atoms with Crippen LogP contribution < -0.4 is 20.3 Å². The fourth-order valence-corrected chi connectivity index (χ4v) is 3.27. The fourth-order valence-electron chi connectivity index (χ4n) is 3.27. The molecule has 0 atom stereocenters. The third-order valence-corrected chi connectivity index (χ3v) is 4.87. The average Bonchev–Trinajstić information content (AvgIpc) is 2.72. The molecule has 3 aromatic rings. The third kappa shape index (κ3) is 5.16. The highest BCUT2D eigenvalue weighted by Gasteiger charge is 2.08. The number of carbonyl (C=O) groups excluding carboxylic acids is 1. The number of rotatable bonds is 8. The van der Waals surface area contributed by atoms with Crippen molar-refractivity contribution in [3.8, 4) is 11.5 Å². The number of carbonyl (C=O) groups is 1. The molecule has 0 spiro atoms. The first kappa shape index (κ1) is 20.5. The van der Waals surface area contributed by atoms with Gasteiger partial charge in [0, 0.05) is 24.0 Å². The molecule has 0 aliphatic rings. The van der Waals surface area contributed by atoms with Crippen LogP contribution in [0.2, 0.25) is 0 Å². The van der Waals surface area contributed by atoms with Crippen LogP contribution in [0.3, 0.4) is 0 Å². The first-order valence-electron chi connectivity index (χ1n) is 9.60. The summed E-state index contributed by atoms with van der Waals surface area (Å²) >= 11 is 0. The van der Waals surface area contributed by atoms with E-state index in [2.05, 4.69) is 10.3 Å². The molecule has 6 heteroatoms.